The number of rotatable bonds is 7. The van der Waals surface area contributed by atoms with Crippen LogP contribution < -0.4 is 5.32 Å². The van der Waals surface area contributed by atoms with Crippen molar-refractivity contribution in [3.63, 3.8) is 0 Å². The summed E-state index contributed by atoms with van der Waals surface area (Å²) < 4.78 is 0. The summed E-state index contributed by atoms with van der Waals surface area (Å²) in [6.45, 7) is 0. The van der Waals surface area contributed by atoms with Crippen molar-refractivity contribution in [2.45, 2.75) is 18.9 Å². The fourth-order valence-corrected chi connectivity index (χ4v) is 2.15. The molecule has 0 bridgehead atoms. The Bertz CT molecular complexity index is 666. The van der Waals surface area contributed by atoms with Crippen LogP contribution in [0.25, 0.3) is 6.08 Å². The van der Waals surface area contributed by atoms with Gasteiger partial charge in [0.1, 0.15) is 6.04 Å². The minimum atomic E-state index is -1.04. The molecule has 4 nitrogen and oxygen atoms in total. The highest BCUT2D eigenvalue weighted by molar-refractivity contribution is 5.85. The van der Waals surface area contributed by atoms with Gasteiger partial charge >= 0.3 is 5.97 Å². The molecule has 1 atom stereocenters. The van der Waals surface area contributed by atoms with Crippen molar-refractivity contribution in [3.8, 4) is 0 Å². The molecule has 1 amide bonds. The van der Waals surface area contributed by atoms with Gasteiger partial charge < -0.3 is 10.4 Å². The predicted molar refractivity (Wildman–Crippen MR) is 89.8 cm³/mol. The molecule has 4 heteroatoms. The van der Waals surface area contributed by atoms with Gasteiger partial charge in [-0.3, -0.25) is 4.79 Å². The van der Waals surface area contributed by atoms with Gasteiger partial charge in [-0.05, 0) is 17.5 Å². The van der Waals surface area contributed by atoms with Gasteiger partial charge in [0.15, 0.2) is 0 Å². The van der Waals surface area contributed by atoms with Gasteiger partial charge in [0.2, 0.25) is 5.91 Å². The van der Waals surface area contributed by atoms with E-state index < -0.39 is 12.0 Å². The third-order valence-corrected chi connectivity index (χ3v) is 3.32. The van der Waals surface area contributed by atoms with Crippen molar-refractivity contribution in [1.29, 1.82) is 0 Å². The minimum absolute atomic E-state index is 0.174. The van der Waals surface area contributed by atoms with E-state index in [1.54, 1.807) is 6.08 Å². The monoisotopic (exact) mass is 309 g/mol. The summed E-state index contributed by atoms with van der Waals surface area (Å²) in [6, 6.07) is 17.9. The smallest absolute Gasteiger partial charge is 0.326 e. The first-order chi connectivity index (χ1) is 11.1. The fraction of sp³-hybridized carbons (Fsp3) is 0.158. The third kappa shape index (κ3) is 5.79. The SMILES string of the molecule is O=C(Cc1ccccc1)N[C@H](C/C=C/c1ccccc1)C(=O)O. The number of aliphatic carboxylic acids is 1. The van der Waals surface area contributed by atoms with Crippen LogP contribution in [0.15, 0.2) is 66.7 Å². The van der Waals surface area contributed by atoms with E-state index in [0.29, 0.717) is 0 Å². The van der Waals surface area contributed by atoms with Gasteiger partial charge in [0, 0.05) is 0 Å². The molecule has 0 aliphatic carbocycles. The van der Waals surface area contributed by atoms with E-state index in [0.717, 1.165) is 11.1 Å². The maximum Gasteiger partial charge on any atom is 0.326 e. The molecule has 2 rings (SSSR count). The Morgan fingerprint density at radius 3 is 2.22 bits per heavy atom. The van der Waals surface area contributed by atoms with E-state index in [1.165, 1.54) is 0 Å². The third-order valence-electron chi connectivity index (χ3n) is 3.32. The summed E-state index contributed by atoms with van der Waals surface area (Å²) in [5, 5.41) is 11.8. The molecule has 2 aromatic carbocycles. The van der Waals surface area contributed by atoms with Crippen molar-refractivity contribution in [2.24, 2.45) is 0 Å². The number of hydrogen-bond acceptors (Lipinski definition) is 2. The second kappa shape index (κ2) is 8.54. The zero-order chi connectivity index (χ0) is 16.5. The molecule has 0 aliphatic heterocycles. The van der Waals surface area contributed by atoms with Crippen molar-refractivity contribution in [1.82, 2.24) is 5.32 Å². The molecule has 2 N–H and O–H groups in total. The maximum atomic E-state index is 12.0. The van der Waals surface area contributed by atoms with Gasteiger partial charge in [-0.1, -0.05) is 72.8 Å². The molecule has 0 aliphatic rings. The number of carboxylic acid groups (broad SMARTS) is 1. The number of carboxylic acids is 1. The second-order valence-electron chi connectivity index (χ2n) is 5.17. The summed E-state index contributed by atoms with van der Waals surface area (Å²) in [5.41, 5.74) is 1.85. The van der Waals surface area contributed by atoms with Crippen molar-refractivity contribution in [2.75, 3.05) is 0 Å². The standard InChI is InChI=1S/C19H19NO3/c21-18(14-16-10-5-2-6-11-16)20-17(19(22)23)13-7-12-15-8-3-1-4-9-15/h1-12,17H,13-14H2,(H,20,21)(H,22,23)/b12-7+/t17-/m1/s1. The first-order valence-electron chi connectivity index (χ1n) is 7.43. The van der Waals surface area contributed by atoms with Crippen molar-refractivity contribution < 1.29 is 14.7 Å². The van der Waals surface area contributed by atoms with Gasteiger partial charge in [0.05, 0.1) is 6.42 Å². The zero-order valence-electron chi connectivity index (χ0n) is 12.7. The van der Waals surface area contributed by atoms with Crippen LogP contribution in [-0.4, -0.2) is 23.0 Å². The van der Waals surface area contributed by atoms with Gasteiger partial charge in [0.25, 0.3) is 0 Å². The van der Waals surface area contributed by atoms with Crippen LogP contribution in [-0.2, 0) is 16.0 Å². The molecule has 0 unspecified atom stereocenters. The summed E-state index contributed by atoms with van der Waals surface area (Å²) in [6.07, 6.45) is 4.02. The quantitative estimate of drug-likeness (QED) is 0.826. The van der Waals surface area contributed by atoms with Crippen LogP contribution in [0.4, 0.5) is 0 Å². The Morgan fingerprint density at radius 2 is 1.61 bits per heavy atom. The highest BCUT2D eigenvalue weighted by atomic mass is 16.4. The highest BCUT2D eigenvalue weighted by Gasteiger charge is 2.18. The van der Waals surface area contributed by atoms with Crippen LogP contribution in [0.2, 0.25) is 0 Å². The Balaban J connectivity index is 1.89. The number of carbonyl (C=O) groups is 2. The van der Waals surface area contributed by atoms with Crippen LogP contribution in [0, 0.1) is 0 Å². The Kier molecular flexibility index (Phi) is 6.12. The van der Waals surface area contributed by atoms with E-state index in [1.807, 2.05) is 66.7 Å². The molecule has 0 radical (unpaired) electrons. The first-order valence-corrected chi connectivity index (χ1v) is 7.43. The van der Waals surface area contributed by atoms with Crippen molar-refractivity contribution >= 4 is 18.0 Å². The lowest BCUT2D eigenvalue weighted by Crippen LogP contribution is -2.41. The Hall–Kier alpha value is -2.88. The maximum absolute atomic E-state index is 12.0. The highest BCUT2D eigenvalue weighted by Crippen LogP contribution is 2.05. The molecule has 118 valence electrons. The van der Waals surface area contributed by atoms with Crippen LogP contribution in [0.1, 0.15) is 17.5 Å². The normalized spacial score (nSPS) is 12.0. The molecule has 0 saturated carbocycles. The average molecular weight is 309 g/mol. The predicted octanol–water partition coefficient (Wildman–Crippen LogP) is 2.90. The molecule has 23 heavy (non-hydrogen) atoms. The van der Waals surface area contributed by atoms with Crippen LogP contribution >= 0.6 is 0 Å². The van der Waals surface area contributed by atoms with Gasteiger partial charge in [-0.15, -0.1) is 0 Å². The van der Waals surface area contributed by atoms with E-state index in [2.05, 4.69) is 5.32 Å². The summed E-state index contributed by atoms with van der Waals surface area (Å²) in [7, 11) is 0. The molecule has 0 spiro atoms. The molecule has 0 fully saturated rings. The summed E-state index contributed by atoms with van der Waals surface area (Å²) >= 11 is 0. The molecular weight excluding hydrogens is 290 g/mol. The number of nitrogens with one attached hydrogen (secondary N) is 1. The van der Waals surface area contributed by atoms with Crippen molar-refractivity contribution in [3.05, 3.63) is 77.9 Å². The zero-order valence-corrected chi connectivity index (χ0v) is 12.7. The molecule has 0 aromatic heterocycles. The second-order valence-corrected chi connectivity index (χ2v) is 5.17. The van der Waals surface area contributed by atoms with Crippen LogP contribution in [0.3, 0.4) is 0 Å². The van der Waals surface area contributed by atoms with Gasteiger partial charge in [-0.2, -0.15) is 0 Å². The first kappa shape index (κ1) is 16.5. The molecule has 2 aromatic rings. The molecular formula is C19H19NO3. The Labute approximate surface area is 135 Å². The van der Waals surface area contributed by atoms with E-state index >= 15 is 0 Å². The largest absolute Gasteiger partial charge is 0.480 e. The fourth-order valence-electron chi connectivity index (χ4n) is 2.15. The average Bonchev–Trinajstić information content (AvgIpc) is 2.55. The number of benzene rings is 2. The lowest BCUT2D eigenvalue weighted by atomic mass is 10.1. The Morgan fingerprint density at radius 1 is 1.00 bits per heavy atom. The van der Waals surface area contributed by atoms with Crippen LogP contribution in [0.5, 0.6) is 0 Å². The lowest BCUT2D eigenvalue weighted by molar-refractivity contribution is -0.141. The van der Waals surface area contributed by atoms with E-state index in [9.17, 15) is 14.7 Å². The number of hydrogen-bond donors (Lipinski definition) is 2. The summed E-state index contributed by atoms with van der Waals surface area (Å²) in [4.78, 5) is 23.2. The topological polar surface area (TPSA) is 66.4 Å². The molecule has 0 saturated heterocycles. The summed E-state index contributed by atoms with van der Waals surface area (Å²) in [5.74, 6) is -1.33. The number of carbonyl (C=O) groups excluding carboxylic acids is 1. The lowest BCUT2D eigenvalue weighted by Gasteiger charge is -2.12. The minimum Gasteiger partial charge on any atom is -0.480 e. The van der Waals surface area contributed by atoms with E-state index in [4.69, 9.17) is 0 Å². The molecule has 0 heterocycles. The van der Waals surface area contributed by atoms with Gasteiger partial charge in [-0.25, -0.2) is 4.79 Å². The van der Waals surface area contributed by atoms with E-state index in [-0.39, 0.29) is 18.7 Å². The number of amides is 1.